The Labute approximate surface area is 73.9 Å². The van der Waals surface area contributed by atoms with Gasteiger partial charge in [0, 0.05) is 13.1 Å². The van der Waals surface area contributed by atoms with Gasteiger partial charge in [0.05, 0.1) is 0 Å². The van der Waals surface area contributed by atoms with Gasteiger partial charge in [-0.15, -0.1) is 0 Å². The average molecular weight is 176 g/mol. The van der Waals surface area contributed by atoms with Gasteiger partial charge in [-0.05, 0) is 12.8 Å². The molecule has 4 heteroatoms. The first-order chi connectivity index (χ1) is 5.91. The van der Waals surface area contributed by atoms with Crippen LogP contribution in [0.1, 0.15) is 38.5 Å². The number of rotatable bonds is 9. The maximum absolute atomic E-state index is 8.25. The Hall–Kier alpha value is -0.160. The highest BCUT2D eigenvalue weighted by Crippen LogP contribution is 2.03. The van der Waals surface area contributed by atoms with Crippen molar-refractivity contribution in [3.05, 3.63) is 0 Å². The van der Waals surface area contributed by atoms with E-state index in [4.69, 9.17) is 10.4 Å². The minimum absolute atomic E-state index is 0.693. The molecule has 0 saturated carbocycles. The van der Waals surface area contributed by atoms with E-state index in [2.05, 4.69) is 11.0 Å². The molecule has 4 N–H and O–H groups in total. The molecule has 12 heavy (non-hydrogen) atoms. The first-order valence-electron chi connectivity index (χ1n) is 4.65. The molecule has 0 unspecified atom stereocenters. The summed E-state index contributed by atoms with van der Waals surface area (Å²) in [6, 6.07) is 0. The van der Waals surface area contributed by atoms with Gasteiger partial charge in [0.2, 0.25) is 0 Å². The molecule has 0 aliphatic heterocycles. The van der Waals surface area contributed by atoms with Gasteiger partial charge in [0.25, 0.3) is 0 Å². The number of hydrogen-bond donors (Lipinski definition) is 4. The molecule has 0 spiro atoms. The van der Waals surface area contributed by atoms with Gasteiger partial charge < -0.3 is 10.4 Å². The first-order valence-corrected chi connectivity index (χ1v) is 4.65. The number of nitrogens with one attached hydrogen (secondary N) is 2. The average Bonchev–Trinajstić information content (AvgIpc) is 2.10. The smallest absolute Gasteiger partial charge is 0.0207 e. The Balaban J connectivity index is 2.73. The summed E-state index contributed by atoms with van der Waals surface area (Å²) in [5, 5.41) is 16.5. The molecule has 0 aliphatic rings. The molecule has 0 aromatic rings. The SMILES string of the molecule is ONCCCCCCCCNO. The van der Waals surface area contributed by atoms with Crippen LogP contribution < -0.4 is 11.0 Å². The summed E-state index contributed by atoms with van der Waals surface area (Å²) >= 11 is 0. The zero-order chi connectivity index (χ0) is 9.07. The normalized spacial score (nSPS) is 10.5. The molecule has 0 radical (unpaired) electrons. The van der Waals surface area contributed by atoms with Crippen LogP contribution in [0.3, 0.4) is 0 Å². The number of hydroxylamine groups is 2. The lowest BCUT2D eigenvalue weighted by atomic mass is 10.1. The van der Waals surface area contributed by atoms with Crippen LogP contribution in [0.25, 0.3) is 0 Å². The van der Waals surface area contributed by atoms with Gasteiger partial charge in [-0.1, -0.05) is 25.7 Å². The second-order valence-corrected chi connectivity index (χ2v) is 2.94. The zero-order valence-electron chi connectivity index (χ0n) is 7.55. The van der Waals surface area contributed by atoms with Crippen molar-refractivity contribution in [2.24, 2.45) is 0 Å². The number of hydrogen-bond acceptors (Lipinski definition) is 4. The molecule has 0 aliphatic carbocycles. The van der Waals surface area contributed by atoms with E-state index < -0.39 is 0 Å². The van der Waals surface area contributed by atoms with E-state index in [0.717, 1.165) is 12.8 Å². The maximum Gasteiger partial charge on any atom is 0.0207 e. The lowest BCUT2D eigenvalue weighted by Crippen LogP contribution is -2.08. The fourth-order valence-corrected chi connectivity index (χ4v) is 1.12. The molecule has 4 nitrogen and oxygen atoms in total. The molecular formula is C8H20N2O2. The standard InChI is InChI=1S/C8H20N2O2/c11-9-7-5-3-1-2-4-6-8-10-12/h9-12H,1-8H2. The Bertz CT molecular complexity index is 71.5. The minimum atomic E-state index is 0.693. The van der Waals surface area contributed by atoms with Gasteiger partial charge in [0.15, 0.2) is 0 Å². The van der Waals surface area contributed by atoms with Crippen LogP contribution >= 0.6 is 0 Å². The van der Waals surface area contributed by atoms with Crippen molar-refractivity contribution in [1.82, 2.24) is 11.0 Å². The van der Waals surface area contributed by atoms with E-state index in [1.165, 1.54) is 25.7 Å². The van der Waals surface area contributed by atoms with Crippen molar-refractivity contribution >= 4 is 0 Å². The lowest BCUT2D eigenvalue weighted by molar-refractivity contribution is 0.163. The van der Waals surface area contributed by atoms with Crippen LogP contribution in [-0.4, -0.2) is 23.5 Å². The van der Waals surface area contributed by atoms with Crippen LogP contribution in [0.2, 0.25) is 0 Å². The van der Waals surface area contributed by atoms with Gasteiger partial charge in [0.1, 0.15) is 0 Å². The second kappa shape index (κ2) is 10.8. The summed E-state index contributed by atoms with van der Waals surface area (Å²) in [5.74, 6) is 0. The predicted molar refractivity (Wildman–Crippen MR) is 47.3 cm³/mol. The van der Waals surface area contributed by atoms with Gasteiger partial charge in [-0.25, -0.2) is 11.0 Å². The molecule has 0 amide bonds. The van der Waals surface area contributed by atoms with Crippen LogP contribution in [0.15, 0.2) is 0 Å². The van der Waals surface area contributed by atoms with Gasteiger partial charge in [-0.3, -0.25) is 0 Å². The van der Waals surface area contributed by atoms with Crippen LogP contribution in [0.4, 0.5) is 0 Å². The third kappa shape index (κ3) is 9.84. The Morgan fingerprint density at radius 1 is 0.583 bits per heavy atom. The maximum atomic E-state index is 8.25. The van der Waals surface area contributed by atoms with Gasteiger partial charge in [-0.2, -0.15) is 0 Å². The highest BCUT2D eigenvalue weighted by atomic mass is 16.5. The molecule has 74 valence electrons. The van der Waals surface area contributed by atoms with Crippen molar-refractivity contribution in [1.29, 1.82) is 0 Å². The Kier molecular flexibility index (Phi) is 10.7. The van der Waals surface area contributed by atoms with E-state index >= 15 is 0 Å². The topological polar surface area (TPSA) is 64.5 Å². The third-order valence-electron chi connectivity index (χ3n) is 1.83. The molecule has 0 heterocycles. The fourth-order valence-electron chi connectivity index (χ4n) is 1.12. The summed E-state index contributed by atoms with van der Waals surface area (Å²) in [7, 11) is 0. The highest BCUT2D eigenvalue weighted by molar-refractivity contribution is 4.46. The van der Waals surface area contributed by atoms with Crippen molar-refractivity contribution < 1.29 is 10.4 Å². The van der Waals surface area contributed by atoms with Crippen molar-refractivity contribution in [3.63, 3.8) is 0 Å². The first kappa shape index (κ1) is 11.8. The van der Waals surface area contributed by atoms with Crippen LogP contribution in [-0.2, 0) is 0 Å². The Morgan fingerprint density at radius 3 is 1.25 bits per heavy atom. The molecular weight excluding hydrogens is 156 g/mol. The fraction of sp³-hybridized carbons (Fsp3) is 1.00. The molecule has 0 saturated heterocycles. The second-order valence-electron chi connectivity index (χ2n) is 2.94. The van der Waals surface area contributed by atoms with E-state index in [1.807, 2.05) is 0 Å². The molecule has 0 bridgehead atoms. The Morgan fingerprint density at radius 2 is 0.917 bits per heavy atom. The van der Waals surface area contributed by atoms with E-state index in [0.29, 0.717) is 13.1 Å². The van der Waals surface area contributed by atoms with E-state index in [9.17, 15) is 0 Å². The summed E-state index contributed by atoms with van der Waals surface area (Å²) in [6.45, 7) is 1.39. The molecule has 0 rings (SSSR count). The van der Waals surface area contributed by atoms with Crippen molar-refractivity contribution in [2.45, 2.75) is 38.5 Å². The van der Waals surface area contributed by atoms with E-state index in [1.54, 1.807) is 0 Å². The molecule has 0 aromatic heterocycles. The summed E-state index contributed by atoms with van der Waals surface area (Å²) in [6.07, 6.45) is 6.84. The molecule has 0 atom stereocenters. The van der Waals surface area contributed by atoms with Crippen molar-refractivity contribution in [3.8, 4) is 0 Å². The summed E-state index contributed by atoms with van der Waals surface area (Å²) in [4.78, 5) is 0. The highest BCUT2D eigenvalue weighted by Gasteiger charge is 1.90. The monoisotopic (exact) mass is 176 g/mol. The van der Waals surface area contributed by atoms with Crippen LogP contribution in [0.5, 0.6) is 0 Å². The minimum Gasteiger partial charge on any atom is -0.317 e. The third-order valence-corrected chi connectivity index (χ3v) is 1.83. The molecule has 0 aromatic carbocycles. The lowest BCUT2D eigenvalue weighted by Gasteiger charge is -2.00. The summed E-state index contributed by atoms with van der Waals surface area (Å²) < 4.78 is 0. The number of unbranched alkanes of at least 4 members (excludes halogenated alkanes) is 5. The zero-order valence-corrected chi connectivity index (χ0v) is 7.55. The quantitative estimate of drug-likeness (QED) is 0.316. The van der Waals surface area contributed by atoms with Crippen molar-refractivity contribution in [2.75, 3.05) is 13.1 Å². The van der Waals surface area contributed by atoms with E-state index in [-0.39, 0.29) is 0 Å². The predicted octanol–water partition coefficient (Wildman–Crippen LogP) is 1.28. The van der Waals surface area contributed by atoms with Crippen LogP contribution in [0, 0.1) is 0 Å². The summed E-state index contributed by atoms with van der Waals surface area (Å²) in [5.41, 5.74) is 4.27. The molecule has 0 fully saturated rings. The largest absolute Gasteiger partial charge is 0.317 e. The van der Waals surface area contributed by atoms with Gasteiger partial charge >= 0.3 is 0 Å².